The Kier molecular flexibility index (Phi) is 6.53. The molecule has 35 heavy (non-hydrogen) atoms. The summed E-state index contributed by atoms with van der Waals surface area (Å²) < 4.78 is 21.3. The number of fused-ring (bicyclic) bond motifs is 1. The average molecular weight is 494 g/mol. The third-order valence-electron chi connectivity index (χ3n) is 9.82. The summed E-state index contributed by atoms with van der Waals surface area (Å²) in [5.74, 6) is 0.390. The van der Waals surface area contributed by atoms with Crippen molar-refractivity contribution in [1.29, 1.82) is 0 Å². The number of halogens is 1. The van der Waals surface area contributed by atoms with Gasteiger partial charge in [-0.05, 0) is 97.3 Å². The third kappa shape index (κ3) is 4.54. The molecule has 1 heterocycles. The zero-order valence-corrected chi connectivity index (χ0v) is 23.8. The molecule has 4 heteroatoms. The van der Waals surface area contributed by atoms with E-state index in [1.807, 2.05) is 12.1 Å². The summed E-state index contributed by atoms with van der Waals surface area (Å²) in [4.78, 5) is 5.55. The van der Waals surface area contributed by atoms with E-state index in [0.717, 1.165) is 24.8 Å². The van der Waals surface area contributed by atoms with Gasteiger partial charge < -0.3 is 4.43 Å². The second kappa shape index (κ2) is 9.10. The van der Waals surface area contributed by atoms with Gasteiger partial charge in [0.2, 0.25) is 0 Å². The van der Waals surface area contributed by atoms with Gasteiger partial charge in [0.25, 0.3) is 0 Å². The molecule has 0 bridgehead atoms. The van der Waals surface area contributed by atoms with E-state index in [9.17, 15) is 4.39 Å². The van der Waals surface area contributed by atoms with Crippen LogP contribution in [0.4, 0.5) is 4.39 Å². The van der Waals surface area contributed by atoms with Crippen molar-refractivity contribution < 1.29 is 8.82 Å². The molecule has 1 spiro atoms. The molecule has 2 nitrogen and oxygen atoms in total. The van der Waals surface area contributed by atoms with E-state index in [4.69, 9.17) is 9.41 Å². The van der Waals surface area contributed by atoms with Crippen LogP contribution in [0.1, 0.15) is 114 Å². The highest BCUT2D eigenvalue weighted by molar-refractivity contribution is 6.74. The Bertz CT molecular complexity index is 1070. The number of pyridine rings is 1. The van der Waals surface area contributed by atoms with Gasteiger partial charge in [0.15, 0.2) is 8.32 Å². The van der Waals surface area contributed by atoms with Gasteiger partial charge in [0, 0.05) is 22.9 Å². The van der Waals surface area contributed by atoms with Crippen LogP contribution in [0.2, 0.25) is 18.1 Å². The molecular formula is C31H44FNOSi. The normalized spacial score (nSPS) is 22.3. The Morgan fingerprint density at radius 3 is 2.26 bits per heavy atom. The molecule has 0 saturated heterocycles. The molecule has 1 aromatic carbocycles. The molecule has 3 aliphatic rings. The van der Waals surface area contributed by atoms with Crippen molar-refractivity contribution in [3.8, 4) is 11.1 Å². The first-order chi connectivity index (χ1) is 16.5. The molecule has 2 saturated carbocycles. The molecule has 1 atom stereocenters. The Hall–Kier alpha value is -1.52. The fraction of sp³-hybridized carbons (Fsp3) is 0.645. The Balaban J connectivity index is 1.74. The third-order valence-corrected chi connectivity index (χ3v) is 14.3. The van der Waals surface area contributed by atoms with Gasteiger partial charge in [-0.25, -0.2) is 4.39 Å². The second-order valence-corrected chi connectivity index (χ2v) is 17.9. The SMILES string of the molecule is CCc1c(C2CCCC2)nc2c(c1-c1ccc(F)cc1)C(O[Si](C)(C)C(C)(C)C)CC1(CCC1)C2. The number of benzene rings is 1. The minimum absolute atomic E-state index is 0.0791. The molecule has 2 fully saturated rings. The van der Waals surface area contributed by atoms with Gasteiger partial charge in [0.1, 0.15) is 5.82 Å². The molecule has 0 aliphatic heterocycles. The summed E-state index contributed by atoms with van der Waals surface area (Å²) in [6.45, 7) is 14.0. The van der Waals surface area contributed by atoms with Crippen LogP contribution in [0.5, 0.6) is 0 Å². The van der Waals surface area contributed by atoms with Crippen LogP contribution in [0.3, 0.4) is 0 Å². The summed E-state index contributed by atoms with van der Waals surface area (Å²) in [6.07, 6.45) is 12.2. The average Bonchev–Trinajstić information content (AvgIpc) is 3.31. The Labute approximate surface area is 213 Å². The van der Waals surface area contributed by atoms with Crippen LogP contribution in [-0.4, -0.2) is 13.3 Å². The maximum Gasteiger partial charge on any atom is 0.192 e. The van der Waals surface area contributed by atoms with Gasteiger partial charge in [0.05, 0.1) is 6.10 Å². The molecule has 0 radical (unpaired) electrons. The zero-order chi connectivity index (χ0) is 25.0. The summed E-state index contributed by atoms with van der Waals surface area (Å²) in [5, 5.41) is 0.151. The van der Waals surface area contributed by atoms with Crippen molar-refractivity contribution in [1.82, 2.24) is 4.98 Å². The van der Waals surface area contributed by atoms with E-state index < -0.39 is 8.32 Å². The van der Waals surface area contributed by atoms with Crippen molar-refractivity contribution in [2.45, 2.75) is 122 Å². The first kappa shape index (κ1) is 25.1. The molecular weight excluding hydrogens is 449 g/mol. The van der Waals surface area contributed by atoms with E-state index in [2.05, 4.69) is 40.8 Å². The minimum atomic E-state index is -2.00. The molecule has 190 valence electrons. The van der Waals surface area contributed by atoms with Crippen LogP contribution >= 0.6 is 0 Å². The van der Waals surface area contributed by atoms with Crippen molar-refractivity contribution in [3.63, 3.8) is 0 Å². The van der Waals surface area contributed by atoms with Gasteiger partial charge in [-0.2, -0.15) is 0 Å². The summed E-state index contributed by atoms with van der Waals surface area (Å²) in [7, 11) is -2.00. The van der Waals surface area contributed by atoms with E-state index in [1.54, 1.807) is 12.1 Å². The van der Waals surface area contributed by atoms with E-state index in [1.165, 1.54) is 73.0 Å². The summed E-state index contributed by atoms with van der Waals surface area (Å²) >= 11 is 0. The smallest absolute Gasteiger partial charge is 0.192 e. The lowest BCUT2D eigenvalue weighted by atomic mass is 9.59. The lowest BCUT2D eigenvalue weighted by Crippen LogP contribution is -2.46. The quantitative estimate of drug-likeness (QED) is 0.387. The van der Waals surface area contributed by atoms with Crippen molar-refractivity contribution in [2.24, 2.45) is 5.41 Å². The summed E-state index contributed by atoms with van der Waals surface area (Å²) in [5.41, 5.74) is 8.15. The number of nitrogens with zero attached hydrogens (tertiary/aromatic N) is 1. The van der Waals surface area contributed by atoms with Crippen molar-refractivity contribution in [2.75, 3.05) is 0 Å². The number of hydrogen-bond donors (Lipinski definition) is 0. The molecule has 0 amide bonds. The maximum atomic E-state index is 14.0. The van der Waals surface area contributed by atoms with Crippen LogP contribution in [-0.2, 0) is 17.3 Å². The predicted octanol–water partition coefficient (Wildman–Crippen LogP) is 9.29. The topological polar surface area (TPSA) is 22.1 Å². The lowest BCUT2D eigenvalue weighted by Gasteiger charge is -2.51. The zero-order valence-electron chi connectivity index (χ0n) is 22.8. The fourth-order valence-electron chi connectivity index (χ4n) is 6.64. The maximum absolute atomic E-state index is 14.0. The lowest BCUT2D eigenvalue weighted by molar-refractivity contribution is 0.0303. The van der Waals surface area contributed by atoms with Gasteiger partial charge in [-0.15, -0.1) is 0 Å². The highest BCUT2D eigenvalue weighted by Gasteiger charge is 2.49. The highest BCUT2D eigenvalue weighted by atomic mass is 28.4. The van der Waals surface area contributed by atoms with E-state index in [0.29, 0.717) is 11.3 Å². The van der Waals surface area contributed by atoms with E-state index in [-0.39, 0.29) is 17.0 Å². The van der Waals surface area contributed by atoms with Crippen molar-refractivity contribution in [3.05, 3.63) is 52.6 Å². The van der Waals surface area contributed by atoms with Crippen LogP contribution in [0.15, 0.2) is 24.3 Å². The number of aromatic nitrogens is 1. The van der Waals surface area contributed by atoms with Gasteiger partial charge in [-0.1, -0.05) is 59.1 Å². The van der Waals surface area contributed by atoms with Gasteiger partial charge in [-0.3, -0.25) is 4.98 Å². The minimum Gasteiger partial charge on any atom is -0.410 e. The molecule has 1 unspecified atom stereocenters. The summed E-state index contributed by atoms with van der Waals surface area (Å²) in [6, 6.07) is 7.22. The molecule has 3 aliphatic carbocycles. The molecule has 0 N–H and O–H groups in total. The van der Waals surface area contributed by atoms with Crippen LogP contribution in [0.25, 0.3) is 11.1 Å². The Morgan fingerprint density at radius 1 is 1.06 bits per heavy atom. The van der Waals surface area contributed by atoms with Crippen LogP contribution < -0.4 is 0 Å². The van der Waals surface area contributed by atoms with Crippen LogP contribution in [0, 0.1) is 11.2 Å². The molecule has 5 rings (SSSR count). The highest BCUT2D eigenvalue weighted by Crippen LogP contribution is 2.57. The number of rotatable bonds is 5. The molecule has 2 aromatic rings. The first-order valence-electron chi connectivity index (χ1n) is 14.0. The van der Waals surface area contributed by atoms with Gasteiger partial charge >= 0.3 is 0 Å². The monoisotopic (exact) mass is 493 g/mol. The largest absolute Gasteiger partial charge is 0.410 e. The molecule has 1 aromatic heterocycles. The van der Waals surface area contributed by atoms with E-state index >= 15 is 0 Å². The van der Waals surface area contributed by atoms with Crippen molar-refractivity contribution >= 4 is 8.32 Å². The standard InChI is InChI=1S/C31H44FNOSi/c1-7-24-27(21-13-15-23(32)16-14-21)28-25(33-29(24)22-11-8-9-12-22)19-31(17-10-18-31)20-26(28)34-35(5,6)30(2,3)4/h13-16,22,26H,7-12,17-20H2,1-6H3. The second-order valence-electron chi connectivity index (χ2n) is 13.2. The Morgan fingerprint density at radius 2 is 1.71 bits per heavy atom. The predicted molar refractivity (Wildman–Crippen MR) is 146 cm³/mol. The first-order valence-corrected chi connectivity index (χ1v) is 16.9. The number of hydrogen-bond acceptors (Lipinski definition) is 2. The fourth-order valence-corrected chi connectivity index (χ4v) is 7.91.